The number of aromatic nitrogens is 2. The van der Waals surface area contributed by atoms with Crippen molar-refractivity contribution in [2.24, 2.45) is 5.92 Å². The smallest absolute Gasteiger partial charge is 0.330 e. The maximum absolute atomic E-state index is 12.0. The summed E-state index contributed by atoms with van der Waals surface area (Å²) in [7, 11) is 0. The first-order valence-corrected chi connectivity index (χ1v) is 6.29. The van der Waals surface area contributed by atoms with E-state index in [4.69, 9.17) is 9.47 Å². The van der Waals surface area contributed by atoms with Gasteiger partial charge in [-0.05, 0) is 6.92 Å². The molecule has 0 saturated carbocycles. The number of esters is 1. The molecule has 2 saturated heterocycles. The molecule has 8 heteroatoms. The van der Waals surface area contributed by atoms with Gasteiger partial charge in [0.25, 0.3) is 5.56 Å². The summed E-state index contributed by atoms with van der Waals surface area (Å²) in [6.45, 7) is 1.30. The number of fused-ring (bicyclic) bond motifs is 1. The quantitative estimate of drug-likeness (QED) is 0.650. The first-order valence-electron chi connectivity index (χ1n) is 6.29. The van der Waals surface area contributed by atoms with Gasteiger partial charge < -0.3 is 19.6 Å². The second kappa shape index (κ2) is 4.57. The minimum Gasteiger partial charge on any atom is -0.457 e. The van der Waals surface area contributed by atoms with Crippen molar-refractivity contribution < 1.29 is 19.4 Å². The Bertz CT molecular complexity index is 631. The fourth-order valence-corrected chi connectivity index (χ4v) is 2.81. The molecular formula is C12H14N2O6. The third-order valence-corrected chi connectivity index (χ3v) is 3.70. The van der Waals surface area contributed by atoms with Gasteiger partial charge in [-0.1, -0.05) is 0 Å². The molecule has 0 radical (unpaired) electrons. The van der Waals surface area contributed by atoms with Crippen molar-refractivity contribution in [3.63, 3.8) is 0 Å². The zero-order chi connectivity index (χ0) is 14.4. The van der Waals surface area contributed by atoms with Crippen LogP contribution in [-0.2, 0) is 14.3 Å². The molecule has 1 aromatic heterocycles. The van der Waals surface area contributed by atoms with Gasteiger partial charge in [0, 0.05) is 17.7 Å². The van der Waals surface area contributed by atoms with Gasteiger partial charge in [0.1, 0.15) is 0 Å². The summed E-state index contributed by atoms with van der Waals surface area (Å²) in [5, 5.41) is 9.28. The van der Waals surface area contributed by atoms with E-state index in [1.807, 2.05) is 0 Å². The molecule has 2 fully saturated rings. The minimum absolute atomic E-state index is 0.116. The van der Waals surface area contributed by atoms with Gasteiger partial charge in [0.2, 0.25) is 0 Å². The number of ether oxygens (including phenoxy) is 2. The van der Waals surface area contributed by atoms with Crippen LogP contribution in [0.3, 0.4) is 0 Å². The highest BCUT2D eigenvalue weighted by Crippen LogP contribution is 2.41. The molecule has 3 heterocycles. The topological polar surface area (TPSA) is 111 Å². The Labute approximate surface area is 112 Å². The average molecular weight is 282 g/mol. The Kier molecular flexibility index (Phi) is 2.98. The number of carbonyl (C=O) groups excluding carboxylic acids is 1. The van der Waals surface area contributed by atoms with Gasteiger partial charge in [-0.2, -0.15) is 0 Å². The van der Waals surface area contributed by atoms with Crippen LogP contribution in [0.15, 0.2) is 15.7 Å². The van der Waals surface area contributed by atoms with Crippen molar-refractivity contribution >= 4 is 5.97 Å². The van der Waals surface area contributed by atoms with Gasteiger partial charge in [0.05, 0.1) is 19.1 Å². The van der Waals surface area contributed by atoms with Crippen molar-refractivity contribution in [2.45, 2.75) is 31.8 Å². The Hall–Kier alpha value is -1.93. The first-order chi connectivity index (χ1) is 9.51. The number of carbonyl (C=O) groups is 1. The lowest BCUT2D eigenvalue weighted by atomic mass is 9.97. The summed E-state index contributed by atoms with van der Waals surface area (Å²) in [5.74, 6) is -0.756. The molecule has 8 nitrogen and oxygen atoms in total. The van der Waals surface area contributed by atoms with E-state index in [2.05, 4.69) is 4.98 Å². The molecule has 0 spiro atoms. The van der Waals surface area contributed by atoms with Crippen LogP contribution in [0.1, 0.15) is 18.3 Å². The second-order valence-electron chi connectivity index (χ2n) is 5.04. The minimum atomic E-state index is -1.000. The van der Waals surface area contributed by atoms with E-state index in [-0.39, 0.29) is 18.9 Å². The lowest BCUT2D eigenvalue weighted by Gasteiger charge is -2.18. The van der Waals surface area contributed by atoms with Crippen molar-refractivity contribution in [1.29, 1.82) is 0 Å². The molecule has 3 rings (SSSR count). The van der Waals surface area contributed by atoms with Crippen molar-refractivity contribution in [1.82, 2.24) is 9.55 Å². The fraction of sp³-hybridized carbons (Fsp3) is 0.583. The number of H-pyrrole nitrogens is 1. The van der Waals surface area contributed by atoms with Crippen LogP contribution >= 0.6 is 0 Å². The van der Waals surface area contributed by atoms with Crippen LogP contribution in [0.4, 0.5) is 0 Å². The van der Waals surface area contributed by atoms with Crippen molar-refractivity contribution in [2.75, 3.05) is 6.61 Å². The molecule has 0 aromatic carbocycles. The largest absolute Gasteiger partial charge is 0.457 e. The van der Waals surface area contributed by atoms with E-state index in [1.165, 1.54) is 6.07 Å². The summed E-state index contributed by atoms with van der Waals surface area (Å²) in [4.78, 5) is 37.8. The molecule has 2 aliphatic rings. The van der Waals surface area contributed by atoms with Gasteiger partial charge in [-0.25, -0.2) is 9.36 Å². The molecule has 0 aliphatic carbocycles. The highest BCUT2D eigenvalue weighted by atomic mass is 16.6. The van der Waals surface area contributed by atoms with E-state index >= 15 is 0 Å². The summed E-state index contributed by atoms with van der Waals surface area (Å²) in [5.41, 5.74) is -0.718. The number of nitrogens with one attached hydrogen (secondary N) is 1. The molecule has 0 amide bonds. The molecule has 4 atom stereocenters. The third kappa shape index (κ3) is 1.88. The Morgan fingerprint density at radius 1 is 1.45 bits per heavy atom. The number of aliphatic hydroxyl groups is 1. The van der Waals surface area contributed by atoms with E-state index < -0.39 is 35.7 Å². The lowest BCUT2D eigenvalue weighted by molar-refractivity contribution is -0.149. The molecule has 2 aliphatic heterocycles. The standard InChI is InChI=1S/C12H14N2O6/c1-5-2-8(16)14(12(18)13-5)11-10-6(3-9(17)20-10)7(4-15)19-11/h2,6-7,10-11,15H,3-4H2,1H3,(H,13,18)/t6?,7-,10?,11-/m1/s1. The highest BCUT2D eigenvalue weighted by molar-refractivity contribution is 5.72. The van der Waals surface area contributed by atoms with Crippen molar-refractivity contribution in [3.8, 4) is 0 Å². The molecule has 0 bridgehead atoms. The van der Waals surface area contributed by atoms with E-state index in [1.54, 1.807) is 6.92 Å². The average Bonchev–Trinajstić information content (AvgIpc) is 2.86. The maximum Gasteiger partial charge on any atom is 0.330 e. The van der Waals surface area contributed by atoms with Gasteiger partial charge in [-0.15, -0.1) is 0 Å². The first kappa shape index (κ1) is 13.1. The molecule has 2 N–H and O–H groups in total. The van der Waals surface area contributed by atoms with Gasteiger partial charge in [0.15, 0.2) is 12.3 Å². The zero-order valence-corrected chi connectivity index (χ0v) is 10.7. The monoisotopic (exact) mass is 282 g/mol. The van der Waals surface area contributed by atoms with E-state index in [0.29, 0.717) is 5.69 Å². The second-order valence-corrected chi connectivity index (χ2v) is 5.04. The predicted octanol–water partition coefficient (Wildman–Crippen LogP) is -1.33. The third-order valence-electron chi connectivity index (χ3n) is 3.70. The van der Waals surface area contributed by atoms with Gasteiger partial charge >= 0.3 is 11.7 Å². The summed E-state index contributed by atoms with van der Waals surface area (Å²) in [6, 6.07) is 1.27. The zero-order valence-electron chi connectivity index (χ0n) is 10.7. The number of hydrogen-bond donors (Lipinski definition) is 2. The number of aliphatic hydroxyl groups excluding tert-OH is 1. The molecule has 2 unspecified atom stereocenters. The fourth-order valence-electron chi connectivity index (χ4n) is 2.81. The Morgan fingerprint density at radius 3 is 2.85 bits per heavy atom. The Balaban J connectivity index is 2.05. The maximum atomic E-state index is 12.0. The van der Waals surface area contributed by atoms with Crippen LogP contribution < -0.4 is 11.2 Å². The van der Waals surface area contributed by atoms with Crippen LogP contribution in [0.25, 0.3) is 0 Å². The van der Waals surface area contributed by atoms with E-state index in [0.717, 1.165) is 4.57 Å². The summed E-state index contributed by atoms with van der Waals surface area (Å²) >= 11 is 0. The predicted molar refractivity (Wildman–Crippen MR) is 65.0 cm³/mol. The normalized spacial score (nSPS) is 32.2. The SMILES string of the molecule is Cc1cc(=O)n([C@@H]2O[C@H](CO)C3CC(=O)OC32)c(=O)[nH]1. The number of aromatic amines is 1. The van der Waals surface area contributed by atoms with Gasteiger partial charge in [-0.3, -0.25) is 9.59 Å². The van der Waals surface area contributed by atoms with Crippen LogP contribution in [0, 0.1) is 12.8 Å². The number of aryl methyl sites for hydroxylation is 1. The summed E-state index contributed by atoms with van der Waals surface area (Å²) in [6.07, 6.45) is -2.23. The number of nitrogens with zero attached hydrogens (tertiary/aromatic N) is 1. The van der Waals surface area contributed by atoms with Crippen LogP contribution in [-0.4, -0.2) is 39.4 Å². The Morgan fingerprint density at radius 2 is 2.20 bits per heavy atom. The highest BCUT2D eigenvalue weighted by Gasteiger charge is 2.53. The van der Waals surface area contributed by atoms with E-state index in [9.17, 15) is 19.5 Å². The van der Waals surface area contributed by atoms with Crippen LogP contribution in [0.5, 0.6) is 0 Å². The molecule has 1 aromatic rings. The van der Waals surface area contributed by atoms with Crippen molar-refractivity contribution in [3.05, 3.63) is 32.6 Å². The molecular weight excluding hydrogens is 268 g/mol. The summed E-state index contributed by atoms with van der Waals surface area (Å²) < 4.78 is 11.6. The molecule has 20 heavy (non-hydrogen) atoms. The number of rotatable bonds is 2. The molecule has 108 valence electrons. The van der Waals surface area contributed by atoms with Crippen LogP contribution in [0.2, 0.25) is 0 Å². The lowest BCUT2D eigenvalue weighted by Crippen LogP contribution is -2.42. The number of hydrogen-bond acceptors (Lipinski definition) is 6.